The number of ether oxygens (including phenoxy) is 1. The molecule has 0 atom stereocenters. The Morgan fingerprint density at radius 3 is 2.17 bits per heavy atom. The highest BCUT2D eigenvalue weighted by molar-refractivity contribution is 6.60. The van der Waals surface area contributed by atoms with Crippen molar-refractivity contribution in [1.29, 1.82) is 0 Å². The second-order valence-corrected chi connectivity index (χ2v) is 11.7. The van der Waals surface area contributed by atoms with Gasteiger partial charge in [0, 0.05) is 33.4 Å². The Hall–Kier alpha value is -2.25. The minimum atomic E-state index is -2.56. The Bertz CT molecular complexity index is 911. The van der Waals surface area contributed by atoms with Gasteiger partial charge in [-0.05, 0) is 72.9 Å². The lowest BCUT2D eigenvalue weighted by Crippen LogP contribution is -2.42. The average Bonchev–Trinajstić information content (AvgIpc) is 2.89. The van der Waals surface area contributed by atoms with Crippen LogP contribution in [0.5, 0.6) is 0 Å². The van der Waals surface area contributed by atoms with Gasteiger partial charge in [-0.15, -0.1) is 0 Å². The van der Waals surface area contributed by atoms with Crippen molar-refractivity contribution >= 4 is 20.8 Å². The first kappa shape index (κ1) is 29.0. The number of carbonyl (C=O) groups is 1. The summed E-state index contributed by atoms with van der Waals surface area (Å²) >= 11 is 0. The van der Waals surface area contributed by atoms with E-state index in [1.165, 1.54) is 47.6 Å². The molecule has 0 aliphatic rings. The third kappa shape index (κ3) is 9.37. The van der Waals surface area contributed by atoms with Crippen molar-refractivity contribution in [3.05, 3.63) is 65.2 Å². The van der Waals surface area contributed by atoms with E-state index in [1.54, 1.807) is 21.3 Å². The Morgan fingerprint density at radius 1 is 0.857 bits per heavy atom. The predicted molar refractivity (Wildman–Crippen MR) is 145 cm³/mol. The second kappa shape index (κ2) is 15.7. The van der Waals surface area contributed by atoms with Crippen LogP contribution in [0.25, 0.3) is 17.2 Å². The van der Waals surface area contributed by atoms with E-state index >= 15 is 0 Å². The first-order valence-corrected chi connectivity index (χ1v) is 14.7. The molecule has 0 amide bonds. The van der Waals surface area contributed by atoms with Gasteiger partial charge in [0.25, 0.3) is 0 Å². The molecule has 0 aliphatic carbocycles. The van der Waals surface area contributed by atoms with Crippen LogP contribution in [0.2, 0.25) is 6.04 Å². The highest BCUT2D eigenvalue weighted by Crippen LogP contribution is 2.28. The van der Waals surface area contributed by atoms with Crippen LogP contribution >= 0.6 is 0 Å². The van der Waals surface area contributed by atoms with E-state index in [4.69, 9.17) is 18.0 Å². The lowest BCUT2D eigenvalue weighted by Gasteiger charge is -2.24. The van der Waals surface area contributed by atoms with Crippen molar-refractivity contribution in [2.75, 3.05) is 27.9 Å². The number of benzene rings is 2. The van der Waals surface area contributed by atoms with E-state index in [0.29, 0.717) is 6.61 Å². The molecule has 0 saturated heterocycles. The second-order valence-electron chi connectivity index (χ2n) is 8.66. The SMILES string of the molecule is CCCCCc1ccc(-c2ccc(/C=C/C(=O)OCC)cc2CCCC[Si](OC)(OC)OC)cc1. The van der Waals surface area contributed by atoms with Gasteiger partial charge in [0.1, 0.15) is 0 Å². The summed E-state index contributed by atoms with van der Waals surface area (Å²) < 4.78 is 21.7. The van der Waals surface area contributed by atoms with Crippen molar-refractivity contribution in [2.24, 2.45) is 0 Å². The summed E-state index contributed by atoms with van der Waals surface area (Å²) in [5, 5.41) is 0. The molecule has 2 rings (SSSR count). The highest BCUT2D eigenvalue weighted by Gasteiger charge is 2.36. The van der Waals surface area contributed by atoms with Crippen molar-refractivity contribution in [1.82, 2.24) is 0 Å². The number of unbranched alkanes of at least 4 members (excludes halogenated alkanes) is 3. The monoisotopic (exact) mass is 498 g/mol. The Kier molecular flexibility index (Phi) is 13.0. The summed E-state index contributed by atoms with van der Waals surface area (Å²) in [7, 11) is 2.41. The topological polar surface area (TPSA) is 54.0 Å². The summed E-state index contributed by atoms with van der Waals surface area (Å²) in [6.45, 7) is 4.41. The lowest BCUT2D eigenvalue weighted by atomic mass is 9.93. The average molecular weight is 499 g/mol. The van der Waals surface area contributed by atoms with Crippen LogP contribution in [0.1, 0.15) is 62.6 Å². The molecule has 35 heavy (non-hydrogen) atoms. The highest BCUT2D eigenvalue weighted by atomic mass is 28.4. The van der Waals surface area contributed by atoms with Gasteiger partial charge in [0.15, 0.2) is 0 Å². The fourth-order valence-electron chi connectivity index (χ4n) is 4.20. The number of esters is 1. The van der Waals surface area contributed by atoms with Crippen LogP contribution in [0, 0.1) is 0 Å². The normalized spacial score (nSPS) is 11.8. The van der Waals surface area contributed by atoms with Crippen molar-refractivity contribution < 1.29 is 22.8 Å². The molecule has 6 heteroatoms. The van der Waals surface area contributed by atoms with E-state index in [9.17, 15) is 4.79 Å². The Balaban J connectivity index is 2.20. The molecular formula is C29H42O5Si. The molecule has 0 saturated carbocycles. The molecule has 0 aliphatic heterocycles. The molecule has 0 unspecified atom stereocenters. The summed E-state index contributed by atoms with van der Waals surface area (Å²) in [5.74, 6) is -0.322. The zero-order valence-corrected chi connectivity index (χ0v) is 23.1. The quantitative estimate of drug-likeness (QED) is 0.109. The molecule has 2 aromatic rings. The molecule has 0 heterocycles. The van der Waals surface area contributed by atoms with Crippen LogP contribution in [0.3, 0.4) is 0 Å². The van der Waals surface area contributed by atoms with Crippen LogP contribution in [-0.2, 0) is 35.7 Å². The van der Waals surface area contributed by atoms with Crippen LogP contribution in [0.4, 0.5) is 0 Å². The van der Waals surface area contributed by atoms with Gasteiger partial charge >= 0.3 is 14.8 Å². The fourth-order valence-corrected chi connectivity index (χ4v) is 6.00. The third-order valence-corrected chi connectivity index (χ3v) is 9.11. The smallest absolute Gasteiger partial charge is 0.463 e. The summed E-state index contributed by atoms with van der Waals surface area (Å²) in [6, 6.07) is 16.1. The molecular weight excluding hydrogens is 456 g/mol. The van der Waals surface area contributed by atoms with E-state index in [0.717, 1.165) is 37.3 Å². The number of hydrogen-bond acceptors (Lipinski definition) is 5. The van der Waals surface area contributed by atoms with E-state index in [-0.39, 0.29) is 5.97 Å². The zero-order valence-electron chi connectivity index (χ0n) is 22.1. The van der Waals surface area contributed by atoms with Gasteiger partial charge in [-0.25, -0.2) is 4.79 Å². The van der Waals surface area contributed by atoms with Gasteiger partial charge in [-0.2, -0.15) is 0 Å². The molecule has 5 nitrogen and oxygen atoms in total. The third-order valence-electron chi connectivity index (χ3n) is 6.27. The number of carbonyl (C=O) groups excluding carboxylic acids is 1. The van der Waals surface area contributed by atoms with Crippen molar-refractivity contribution in [3.63, 3.8) is 0 Å². The summed E-state index contributed by atoms with van der Waals surface area (Å²) in [6.07, 6.45) is 11.0. The fraction of sp³-hybridized carbons (Fsp3) is 0.483. The van der Waals surface area contributed by atoms with Gasteiger partial charge in [-0.1, -0.05) is 62.2 Å². The number of aryl methyl sites for hydroxylation is 2. The summed E-state index contributed by atoms with van der Waals surface area (Å²) in [4.78, 5) is 11.8. The molecule has 0 radical (unpaired) electrons. The van der Waals surface area contributed by atoms with Gasteiger partial charge in [0.2, 0.25) is 0 Å². The maximum atomic E-state index is 11.8. The molecule has 2 aromatic carbocycles. The van der Waals surface area contributed by atoms with E-state index in [2.05, 4.69) is 49.4 Å². The largest absolute Gasteiger partial charge is 0.500 e. The molecule has 0 bridgehead atoms. The number of hydrogen-bond donors (Lipinski definition) is 0. The molecule has 0 spiro atoms. The molecule has 192 valence electrons. The Morgan fingerprint density at radius 2 is 1.54 bits per heavy atom. The molecule has 0 N–H and O–H groups in total. The van der Waals surface area contributed by atoms with Crippen molar-refractivity contribution in [3.8, 4) is 11.1 Å². The van der Waals surface area contributed by atoms with Crippen molar-refractivity contribution in [2.45, 2.75) is 64.8 Å². The standard InChI is InChI=1S/C29H42O5Si/c1-6-8-9-12-24-14-18-26(19-15-24)28-20-16-25(17-21-29(30)34-7-2)23-27(28)13-10-11-22-35(31-3,32-4)33-5/h14-21,23H,6-13,22H2,1-5H3/b21-17+. The van der Waals surface area contributed by atoms with Gasteiger partial charge < -0.3 is 18.0 Å². The van der Waals surface area contributed by atoms with E-state index < -0.39 is 8.80 Å². The first-order chi connectivity index (χ1) is 17.0. The predicted octanol–water partition coefficient (Wildman–Crippen LogP) is 6.86. The lowest BCUT2D eigenvalue weighted by molar-refractivity contribution is -0.137. The van der Waals surface area contributed by atoms with Gasteiger partial charge in [0.05, 0.1) is 6.61 Å². The maximum absolute atomic E-state index is 11.8. The van der Waals surface area contributed by atoms with Crippen LogP contribution in [-0.4, -0.2) is 42.7 Å². The van der Waals surface area contributed by atoms with Crippen LogP contribution in [0.15, 0.2) is 48.5 Å². The first-order valence-electron chi connectivity index (χ1n) is 12.7. The summed E-state index contributed by atoms with van der Waals surface area (Å²) in [5.41, 5.74) is 6.08. The van der Waals surface area contributed by atoms with E-state index in [1.807, 2.05) is 13.0 Å². The molecule has 0 fully saturated rings. The van der Waals surface area contributed by atoms with Gasteiger partial charge in [-0.3, -0.25) is 0 Å². The minimum Gasteiger partial charge on any atom is -0.463 e. The maximum Gasteiger partial charge on any atom is 0.500 e. The zero-order chi connectivity index (χ0) is 25.5. The minimum absolute atomic E-state index is 0.322. The number of rotatable bonds is 16. The van der Waals surface area contributed by atoms with Crippen LogP contribution < -0.4 is 0 Å². The Labute approximate surface area is 212 Å². The molecule has 0 aromatic heterocycles.